The highest BCUT2D eigenvalue weighted by Gasteiger charge is 2.38. The molecule has 0 saturated carbocycles. The van der Waals surface area contributed by atoms with Gasteiger partial charge in [0.05, 0.1) is 16.6 Å². The number of aromatic nitrogens is 2. The van der Waals surface area contributed by atoms with Crippen molar-refractivity contribution in [1.82, 2.24) is 14.9 Å². The third kappa shape index (κ3) is 1.88. The van der Waals surface area contributed by atoms with E-state index in [4.69, 9.17) is 4.98 Å². The molecule has 1 atom stereocenters. The lowest BCUT2D eigenvalue weighted by molar-refractivity contribution is 0.327. The molecule has 2 heterocycles. The first kappa shape index (κ1) is 12.7. The van der Waals surface area contributed by atoms with Crippen LogP contribution in [-0.2, 0) is 12.6 Å². The van der Waals surface area contributed by atoms with Crippen molar-refractivity contribution < 1.29 is 0 Å². The van der Waals surface area contributed by atoms with Gasteiger partial charge in [-0.3, -0.25) is 0 Å². The van der Waals surface area contributed by atoms with Crippen molar-refractivity contribution in [1.29, 1.82) is 0 Å². The minimum absolute atomic E-state index is 0.0922. The Bertz CT molecular complexity index is 591. The van der Waals surface area contributed by atoms with Gasteiger partial charge in [-0.05, 0) is 44.4 Å². The fourth-order valence-corrected chi connectivity index (χ4v) is 3.64. The first-order valence-electron chi connectivity index (χ1n) is 7.35. The van der Waals surface area contributed by atoms with Crippen LogP contribution in [0.5, 0.6) is 0 Å². The summed E-state index contributed by atoms with van der Waals surface area (Å²) in [7, 11) is 2.16. The average Bonchev–Trinajstić information content (AvgIpc) is 2.97. The van der Waals surface area contributed by atoms with Gasteiger partial charge in [-0.2, -0.15) is 0 Å². The molecule has 1 N–H and O–H groups in total. The highest BCUT2D eigenvalue weighted by Crippen LogP contribution is 2.36. The maximum absolute atomic E-state index is 4.95. The summed E-state index contributed by atoms with van der Waals surface area (Å²) in [6.07, 6.45) is 4.82. The molecule has 1 fully saturated rings. The smallest absolute Gasteiger partial charge is 0.130 e. The molecule has 0 radical (unpaired) electrons. The van der Waals surface area contributed by atoms with Crippen LogP contribution >= 0.6 is 0 Å². The van der Waals surface area contributed by atoms with Crippen molar-refractivity contribution in [2.24, 2.45) is 7.05 Å². The maximum Gasteiger partial charge on any atom is 0.130 e. The van der Waals surface area contributed by atoms with Gasteiger partial charge in [0, 0.05) is 7.05 Å². The molecule has 3 nitrogen and oxygen atoms in total. The molecule has 1 aliphatic heterocycles. The molecule has 102 valence electrons. The summed E-state index contributed by atoms with van der Waals surface area (Å²) < 4.78 is 2.30. The summed E-state index contributed by atoms with van der Waals surface area (Å²) in [4.78, 5) is 4.95. The average molecular weight is 257 g/mol. The molecular weight excluding hydrogens is 234 g/mol. The van der Waals surface area contributed by atoms with E-state index < -0.39 is 0 Å². The predicted octanol–water partition coefficient (Wildman–Crippen LogP) is 3.26. The van der Waals surface area contributed by atoms with Crippen LogP contribution in [-0.4, -0.2) is 16.1 Å². The van der Waals surface area contributed by atoms with E-state index in [9.17, 15) is 0 Å². The molecule has 3 rings (SSSR count). The molecule has 0 aliphatic carbocycles. The quantitative estimate of drug-likeness (QED) is 0.914. The second-order valence-electron chi connectivity index (χ2n) is 5.80. The summed E-state index contributed by atoms with van der Waals surface area (Å²) in [5.74, 6) is 1.22. The maximum atomic E-state index is 4.95. The zero-order valence-corrected chi connectivity index (χ0v) is 12.2. The Kier molecular flexibility index (Phi) is 3.09. The number of nitrogens with zero attached hydrogens (tertiary/aromatic N) is 2. The molecule has 3 heteroatoms. The van der Waals surface area contributed by atoms with Crippen LogP contribution in [0.1, 0.15) is 44.0 Å². The van der Waals surface area contributed by atoms with Crippen molar-refractivity contribution in [2.75, 3.05) is 6.54 Å². The lowest BCUT2D eigenvalue weighted by Gasteiger charge is -2.28. The van der Waals surface area contributed by atoms with Crippen LogP contribution in [0.4, 0.5) is 0 Å². The Labute approximate surface area is 115 Å². The number of para-hydroxylation sites is 1. The SMILES string of the molecule is CCCC1(c2nc3cccc(C)c3n2C)CCCN1. The molecule has 1 aromatic carbocycles. The molecule has 0 bridgehead atoms. The van der Waals surface area contributed by atoms with Gasteiger partial charge in [0.25, 0.3) is 0 Å². The second kappa shape index (κ2) is 4.64. The van der Waals surface area contributed by atoms with Crippen LogP contribution in [0.25, 0.3) is 11.0 Å². The molecule has 1 saturated heterocycles. The van der Waals surface area contributed by atoms with E-state index in [0.717, 1.165) is 12.1 Å². The summed E-state index contributed by atoms with van der Waals surface area (Å²) >= 11 is 0. The summed E-state index contributed by atoms with van der Waals surface area (Å²) in [6, 6.07) is 6.39. The van der Waals surface area contributed by atoms with Gasteiger partial charge in [-0.15, -0.1) is 0 Å². The van der Waals surface area contributed by atoms with Gasteiger partial charge in [-0.25, -0.2) is 4.98 Å². The number of hydrogen-bond acceptors (Lipinski definition) is 2. The summed E-state index contributed by atoms with van der Waals surface area (Å²) in [6.45, 7) is 5.54. The van der Waals surface area contributed by atoms with Crippen LogP contribution in [0.3, 0.4) is 0 Å². The topological polar surface area (TPSA) is 29.9 Å². The first-order chi connectivity index (χ1) is 9.18. The Hall–Kier alpha value is -1.35. The van der Waals surface area contributed by atoms with E-state index in [-0.39, 0.29) is 5.54 Å². The lowest BCUT2D eigenvalue weighted by atomic mass is 9.91. The van der Waals surface area contributed by atoms with Gasteiger partial charge in [-0.1, -0.05) is 25.5 Å². The van der Waals surface area contributed by atoms with Crippen LogP contribution in [0.15, 0.2) is 18.2 Å². The van der Waals surface area contributed by atoms with Crippen molar-refractivity contribution in [2.45, 2.75) is 45.1 Å². The molecule has 1 aromatic heterocycles. The highest BCUT2D eigenvalue weighted by atomic mass is 15.2. The summed E-state index contributed by atoms with van der Waals surface area (Å²) in [5, 5.41) is 3.73. The van der Waals surface area contributed by atoms with Crippen molar-refractivity contribution in [3.63, 3.8) is 0 Å². The molecular formula is C16H23N3. The van der Waals surface area contributed by atoms with E-state index in [0.29, 0.717) is 0 Å². The van der Waals surface area contributed by atoms with E-state index >= 15 is 0 Å². The van der Waals surface area contributed by atoms with Gasteiger partial charge in [0.15, 0.2) is 0 Å². The molecule has 2 aromatic rings. The van der Waals surface area contributed by atoms with E-state index in [2.05, 4.69) is 49.0 Å². The molecule has 1 unspecified atom stereocenters. The number of hydrogen-bond donors (Lipinski definition) is 1. The Morgan fingerprint density at radius 2 is 2.26 bits per heavy atom. The Balaban J connectivity index is 2.19. The fraction of sp³-hybridized carbons (Fsp3) is 0.562. The van der Waals surface area contributed by atoms with Gasteiger partial charge in [0.1, 0.15) is 5.82 Å². The number of fused-ring (bicyclic) bond motifs is 1. The van der Waals surface area contributed by atoms with Crippen LogP contribution < -0.4 is 5.32 Å². The minimum atomic E-state index is 0.0922. The fourth-order valence-electron chi connectivity index (χ4n) is 3.64. The zero-order chi connectivity index (χ0) is 13.5. The monoisotopic (exact) mass is 257 g/mol. The normalized spacial score (nSPS) is 23.3. The van der Waals surface area contributed by atoms with E-state index in [1.807, 2.05) is 0 Å². The van der Waals surface area contributed by atoms with Gasteiger partial charge in [0.2, 0.25) is 0 Å². The van der Waals surface area contributed by atoms with Crippen LogP contribution in [0, 0.1) is 6.92 Å². The molecule has 0 spiro atoms. The molecule has 1 aliphatic rings. The highest BCUT2D eigenvalue weighted by molar-refractivity contribution is 5.79. The first-order valence-corrected chi connectivity index (χ1v) is 7.35. The third-order valence-electron chi connectivity index (χ3n) is 4.44. The zero-order valence-electron chi connectivity index (χ0n) is 12.2. The Morgan fingerprint density at radius 1 is 1.42 bits per heavy atom. The number of benzene rings is 1. The molecule has 19 heavy (non-hydrogen) atoms. The third-order valence-corrected chi connectivity index (χ3v) is 4.44. The summed E-state index contributed by atoms with van der Waals surface area (Å²) in [5.41, 5.74) is 3.81. The number of nitrogens with one attached hydrogen (secondary N) is 1. The Morgan fingerprint density at radius 3 is 2.89 bits per heavy atom. The predicted molar refractivity (Wildman–Crippen MR) is 79.3 cm³/mol. The standard InChI is InChI=1S/C16H23N3/c1-4-9-16(10-6-11-17-16)15-18-13-8-5-7-12(2)14(13)19(15)3/h5,7-8,17H,4,6,9-11H2,1-3H3. The lowest BCUT2D eigenvalue weighted by Crippen LogP contribution is -2.39. The van der Waals surface area contributed by atoms with Crippen molar-refractivity contribution >= 4 is 11.0 Å². The number of aryl methyl sites for hydroxylation is 2. The molecule has 0 amide bonds. The largest absolute Gasteiger partial charge is 0.329 e. The van der Waals surface area contributed by atoms with Gasteiger partial charge < -0.3 is 9.88 Å². The van der Waals surface area contributed by atoms with Crippen LogP contribution in [0.2, 0.25) is 0 Å². The van der Waals surface area contributed by atoms with E-state index in [1.165, 1.54) is 42.6 Å². The van der Waals surface area contributed by atoms with Gasteiger partial charge >= 0.3 is 0 Å². The van der Waals surface area contributed by atoms with E-state index in [1.54, 1.807) is 0 Å². The minimum Gasteiger partial charge on any atom is -0.329 e. The van der Waals surface area contributed by atoms with Crippen molar-refractivity contribution in [3.8, 4) is 0 Å². The number of rotatable bonds is 3. The number of imidazole rings is 1. The van der Waals surface area contributed by atoms with Crippen molar-refractivity contribution in [3.05, 3.63) is 29.6 Å². The second-order valence-corrected chi connectivity index (χ2v) is 5.80.